The second kappa shape index (κ2) is 10.9. The number of aryl methyl sites for hydroxylation is 1. The Hall–Kier alpha value is -1.70. The molecule has 4 atom stereocenters. The second-order valence-electron chi connectivity index (χ2n) is 10.5. The van der Waals surface area contributed by atoms with Crippen molar-refractivity contribution in [2.45, 2.75) is 96.8 Å². The Bertz CT molecular complexity index is 928. The standard InChI is InChI=1S/C30H40F2/c1-3-5-7-9-21-11-12-24-18-25(15-14-23(24)17-21)27-19-26-16-13-22(10-8-6-4-2)30(32)29(26)28(31)20-27/h4,6,13,16,19-21,23-25H,3,5,7-12,14-15,17-18H2,1-2H3/b6-4+. The van der Waals surface area contributed by atoms with E-state index in [0.29, 0.717) is 23.3 Å². The van der Waals surface area contributed by atoms with Gasteiger partial charge in [0.1, 0.15) is 11.6 Å². The molecule has 2 aliphatic rings. The Morgan fingerprint density at radius 2 is 1.78 bits per heavy atom. The molecule has 0 aliphatic heterocycles. The Morgan fingerprint density at radius 1 is 0.969 bits per heavy atom. The van der Waals surface area contributed by atoms with Crippen LogP contribution in [0.3, 0.4) is 0 Å². The molecule has 0 amide bonds. The maximum atomic E-state index is 15.1. The highest BCUT2D eigenvalue weighted by atomic mass is 19.1. The molecule has 2 aromatic rings. The molecule has 4 rings (SSSR count). The molecule has 2 aliphatic carbocycles. The third-order valence-corrected chi connectivity index (χ3v) is 8.33. The number of hydrogen-bond acceptors (Lipinski definition) is 0. The van der Waals surface area contributed by atoms with E-state index >= 15 is 8.78 Å². The quantitative estimate of drug-likeness (QED) is 0.284. The molecule has 0 bridgehead atoms. The molecular formula is C30H40F2. The Morgan fingerprint density at radius 3 is 2.59 bits per heavy atom. The molecule has 0 radical (unpaired) electrons. The normalized spacial score (nSPS) is 26.0. The smallest absolute Gasteiger partial charge is 0.137 e. The Kier molecular flexibility index (Phi) is 8.02. The molecule has 0 heterocycles. The van der Waals surface area contributed by atoms with Crippen LogP contribution in [0.4, 0.5) is 8.78 Å². The van der Waals surface area contributed by atoms with Gasteiger partial charge in [0.15, 0.2) is 0 Å². The molecule has 2 saturated carbocycles. The van der Waals surface area contributed by atoms with Crippen molar-refractivity contribution in [2.24, 2.45) is 17.8 Å². The summed E-state index contributed by atoms with van der Waals surface area (Å²) in [5.41, 5.74) is 1.69. The van der Waals surface area contributed by atoms with E-state index in [1.54, 1.807) is 6.07 Å². The summed E-state index contributed by atoms with van der Waals surface area (Å²) in [6.07, 6.45) is 18.6. The van der Waals surface area contributed by atoms with Crippen LogP contribution in [0.5, 0.6) is 0 Å². The van der Waals surface area contributed by atoms with Crippen molar-refractivity contribution in [3.05, 3.63) is 59.2 Å². The van der Waals surface area contributed by atoms with Gasteiger partial charge >= 0.3 is 0 Å². The summed E-state index contributed by atoms with van der Waals surface area (Å²) in [5, 5.41) is 0.891. The predicted molar refractivity (Wildman–Crippen MR) is 132 cm³/mol. The first-order valence-electron chi connectivity index (χ1n) is 13.1. The van der Waals surface area contributed by atoms with Crippen molar-refractivity contribution < 1.29 is 8.78 Å². The minimum Gasteiger partial charge on any atom is -0.206 e. The molecule has 2 fully saturated rings. The van der Waals surface area contributed by atoms with Crippen molar-refractivity contribution in [3.63, 3.8) is 0 Å². The van der Waals surface area contributed by atoms with Gasteiger partial charge < -0.3 is 0 Å². The molecule has 0 aromatic heterocycles. The molecule has 2 aromatic carbocycles. The Balaban J connectivity index is 1.45. The average Bonchev–Trinajstić information content (AvgIpc) is 2.80. The van der Waals surface area contributed by atoms with Gasteiger partial charge in [-0.25, -0.2) is 8.78 Å². The number of unbranched alkanes of at least 4 members (excludes halogenated alkanes) is 2. The van der Waals surface area contributed by atoms with Crippen LogP contribution in [0, 0.1) is 29.4 Å². The van der Waals surface area contributed by atoms with Crippen molar-refractivity contribution >= 4 is 10.8 Å². The van der Waals surface area contributed by atoms with E-state index in [9.17, 15) is 0 Å². The molecule has 4 unspecified atom stereocenters. The van der Waals surface area contributed by atoms with Crippen molar-refractivity contribution in [1.82, 2.24) is 0 Å². The molecular weight excluding hydrogens is 398 g/mol. The predicted octanol–water partition coefficient (Wildman–Crippen LogP) is 9.51. The fraction of sp³-hybridized carbons (Fsp3) is 0.600. The van der Waals surface area contributed by atoms with Crippen LogP contribution >= 0.6 is 0 Å². The molecule has 0 spiro atoms. The zero-order chi connectivity index (χ0) is 22.5. The van der Waals surface area contributed by atoms with E-state index in [1.807, 2.05) is 31.2 Å². The lowest BCUT2D eigenvalue weighted by molar-refractivity contribution is 0.113. The molecule has 174 valence electrons. The summed E-state index contributed by atoms with van der Waals surface area (Å²) in [4.78, 5) is 0. The first-order valence-corrected chi connectivity index (χ1v) is 13.1. The molecule has 0 nitrogen and oxygen atoms in total. The summed E-state index contributed by atoms with van der Waals surface area (Å²) in [6, 6.07) is 7.48. The van der Waals surface area contributed by atoms with E-state index in [4.69, 9.17) is 0 Å². The highest BCUT2D eigenvalue weighted by Gasteiger charge is 2.36. The number of allylic oxidation sites excluding steroid dienone is 2. The first kappa shape index (κ1) is 23.5. The van der Waals surface area contributed by atoms with Crippen molar-refractivity contribution in [2.75, 3.05) is 0 Å². The SMILES string of the molecule is C/C=C/CCc1ccc2cc(C3CCC4CC(CCCCC)CCC4C3)cc(F)c2c1F. The molecule has 32 heavy (non-hydrogen) atoms. The van der Waals surface area contributed by atoms with Crippen LogP contribution < -0.4 is 0 Å². The van der Waals surface area contributed by atoms with E-state index in [-0.39, 0.29) is 17.0 Å². The lowest BCUT2D eigenvalue weighted by Crippen LogP contribution is -2.30. The largest absolute Gasteiger partial charge is 0.206 e. The van der Waals surface area contributed by atoms with Gasteiger partial charge in [0.25, 0.3) is 0 Å². The summed E-state index contributed by atoms with van der Waals surface area (Å²) < 4.78 is 30.1. The lowest BCUT2D eigenvalue weighted by Gasteiger charge is -2.42. The van der Waals surface area contributed by atoms with E-state index < -0.39 is 0 Å². The van der Waals surface area contributed by atoms with Crippen molar-refractivity contribution in [1.29, 1.82) is 0 Å². The summed E-state index contributed by atoms with van der Waals surface area (Å²) >= 11 is 0. The topological polar surface area (TPSA) is 0 Å². The summed E-state index contributed by atoms with van der Waals surface area (Å²) in [6.45, 7) is 4.25. The number of hydrogen-bond donors (Lipinski definition) is 0. The van der Waals surface area contributed by atoms with Crippen LogP contribution in [0.15, 0.2) is 36.4 Å². The van der Waals surface area contributed by atoms with Gasteiger partial charge in [-0.2, -0.15) is 0 Å². The van der Waals surface area contributed by atoms with Gasteiger partial charge in [0.2, 0.25) is 0 Å². The third kappa shape index (κ3) is 5.26. The van der Waals surface area contributed by atoms with Crippen LogP contribution in [0.25, 0.3) is 10.8 Å². The van der Waals surface area contributed by atoms with E-state index in [0.717, 1.165) is 36.2 Å². The lowest BCUT2D eigenvalue weighted by atomic mass is 9.63. The number of benzene rings is 2. The molecule has 2 heteroatoms. The summed E-state index contributed by atoms with van der Waals surface area (Å²) in [5.74, 6) is 2.26. The highest BCUT2D eigenvalue weighted by molar-refractivity contribution is 5.85. The van der Waals surface area contributed by atoms with E-state index in [2.05, 4.69) is 13.0 Å². The van der Waals surface area contributed by atoms with Crippen LogP contribution in [-0.2, 0) is 6.42 Å². The van der Waals surface area contributed by atoms with E-state index in [1.165, 1.54) is 57.8 Å². The first-order chi connectivity index (χ1) is 15.6. The number of rotatable bonds is 8. The average molecular weight is 439 g/mol. The zero-order valence-corrected chi connectivity index (χ0v) is 20.0. The second-order valence-corrected chi connectivity index (χ2v) is 10.5. The number of halogens is 2. The van der Waals surface area contributed by atoms with Gasteiger partial charge in [-0.15, -0.1) is 0 Å². The molecule has 0 saturated heterocycles. The van der Waals surface area contributed by atoms with Crippen LogP contribution in [0.2, 0.25) is 0 Å². The van der Waals surface area contributed by atoms with Crippen LogP contribution in [-0.4, -0.2) is 0 Å². The zero-order valence-electron chi connectivity index (χ0n) is 20.0. The minimum atomic E-state index is -0.385. The third-order valence-electron chi connectivity index (χ3n) is 8.33. The van der Waals surface area contributed by atoms with Gasteiger partial charge in [-0.05, 0) is 98.1 Å². The number of fused-ring (bicyclic) bond motifs is 2. The van der Waals surface area contributed by atoms with Crippen molar-refractivity contribution in [3.8, 4) is 0 Å². The van der Waals surface area contributed by atoms with Gasteiger partial charge in [-0.1, -0.05) is 69.4 Å². The van der Waals surface area contributed by atoms with Gasteiger partial charge in [0.05, 0.1) is 5.39 Å². The van der Waals surface area contributed by atoms with Gasteiger partial charge in [-0.3, -0.25) is 0 Å². The Labute approximate surface area is 193 Å². The fourth-order valence-electron chi connectivity index (χ4n) is 6.51. The van der Waals surface area contributed by atoms with Gasteiger partial charge in [0, 0.05) is 0 Å². The minimum absolute atomic E-state index is 0.174. The maximum Gasteiger partial charge on any atom is 0.137 e. The molecule has 0 N–H and O–H groups in total. The fourth-order valence-corrected chi connectivity index (χ4v) is 6.51. The maximum absolute atomic E-state index is 15.1. The monoisotopic (exact) mass is 438 g/mol. The highest BCUT2D eigenvalue weighted by Crippen LogP contribution is 2.48. The van der Waals surface area contributed by atoms with Crippen LogP contribution in [0.1, 0.15) is 102 Å². The summed E-state index contributed by atoms with van der Waals surface area (Å²) in [7, 11) is 0.